The SMILES string of the molecule is OCCNC(=S)NCc1cccc(Br)c1F. The Morgan fingerprint density at radius 2 is 2.19 bits per heavy atom. The molecule has 0 radical (unpaired) electrons. The predicted octanol–water partition coefficient (Wildman–Crippen LogP) is 1.54. The molecule has 0 aromatic heterocycles. The van der Waals surface area contributed by atoms with Gasteiger partial charge in [-0.3, -0.25) is 0 Å². The monoisotopic (exact) mass is 306 g/mol. The van der Waals surface area contributed by atoms with Crippen LogP contribution in [0.15, 0.2) is 22.7 Å². The number of thiocarbonyl (C=S) groups is 1. The fraction of sp³-hybridized carbons (Fsp3) is 0.300. The topological polar surface area (TPSA) is 44.3 Å². The number of halogens is 2. The lowest BCUT2D eigenvalue weighted by Gasteiger charge is -2.10. The number of nitrogens with one attached hydrogen (secondary N) is 2. The van der Waals surface area contributed by atoms with Crippen molar-refractivity contribution in [2.24, 2.45) is 0 Å². The van der Waals surface area contributed by atoms with Crippen molar-refractivity contribution >= 4 is 33.3 Å². The van der Waals surface area contributed by atoms with Gasteiger partial charge in [0.2, 0.25) is 0 Å². The summed E-state index contributed by atoms with van der Waals surface area (Å²) in [6.45, 7) is 0.697. The van der Waals surface area contributed by atoms with Gasteiger partial charge in [-0.15, -0.1) is 0 Å². The second-order valence-electron chi connectivity index (χ2n) is 3.05. The van der Waals surface area contributed by atoms with Gasteiger partial charge in [0.25, 0.3) is 0 Å². The van der Waals surface area contributed by atoms with Crippen LogP contribution in [0.5, 0.6) is 0 Å². The average molecular weight is 307 g/mol. The number of hydrogen-bond acceptors (Lipinski definition) is 2. The zero-order valence-corrected chi connectivity index (χ0v) is 10.9. The highest BCUT2D eigenvalue weighted by molar-refractivity contribution is 9.10. The summed E-state index contributed by atoms with van der Waals surface area (Å²) < 4.78 is 13.9. The molecule has 0 atom stereocenters. The van der Waals surface area contributed by atoms with Crippen molar-refractivity contribution in [2.45, 2.75) is 6.54 Å². The lowest BCUT2D eigenvalue weighted by molar-refractivity contribution is 0.300. The summed E-state index contributed by atoms with van der Waals surface area (Å²) in [7, 11) is 0. The van der Waals surface area contributed by atoms with E-state index < -0.39 is 0 Å². The molecule has 0 aliphatic rings. The van der Waals surface area contributed by atoms with E-state index in [4.69, 9.17) is 17.3 Å². The summed E-state index contributed by atoms with van der Waals surface area (Å²) in [6.07, 6.45) is 0. The van der Waals surface area contributed by atoms with Gasteiger partial charge in [0.15, 0.2) is 5.11 Å². The third kappa shape index (κ3) is 4.03. The van der Waals surface area contributed by atoms with Gasteiger partial charge in [-0.1, -0.05) is 12.1 Å². The summed E-state index contributed by atoms with van der Waals surface area (Å²) >= 11 is 8.04. The highest BCUT2D eigenvalue weighted by Gasteiger charge is 2.05. The lowest BCUT2D eigenvalue weighted by atomic mass is 10.2. The Hall–Kier alpha value is -0.720. The molecule has 0 saturated carbocycles. The van der Waals surface area contributed by atoms with Gasteiger partial charge in [0.1, 0.15) is 5.82 Å². The highest BCUT2D eigenvalue weighted by Crippen LogP contribution is 2.18. The minimum absolute atomic E-state index is 0.00701. The van der Waals surface area contributed by atoms with E-state index in [9.17, 15) is 4.39 Å². The van der Waals surface area contributed by atoms with Gasteiger partial charge < -0.3 is 15.7 Å². The molecule has 0 aliphatic carbocycles. The highest BCUT2D eigenvalue weighted by atomic mass is 79.9. The fourth-order valence-corrected chi connectivity index (χ4v) is 1.67. The average Bonchev–Trinajstić information content (AvgIpc) is 2.28. The van der Waals surface area contributed by atoms with E-state index in [0.717, 1.165) is 0 Å². The molecular formula is C10H12BrFN2OS. The molecule has 1 rings (SSSR count). The van der Waals surface area contributed by atoms with Crippen molar-refractivity contribution in [3.05, 3.63) is 34.1 Å². The van der Waals surface area contributed by atoms with Crippen molar-refractivity contribution in [2.75, 3.05) is 13.2 Å². The maximum Gasteiger partial charge on any atom is 0.166 e. The zero-order valence-electron chi connectivity index (χ0n) is 8.46. The van der Waals surface area contributed by atoms with Gasteiger partial charge in [-0.05, 0) is 34.2 Å². The summed E-state index contributed by atoms with van der Waals surface area (Å²) in [4.78, 5) is 0. The summed E-state index contributed by atoms with van der Waals surface area (Å²) in [5.41, 5.74) is 0.530. The van der Waals surface area contributed by atoms with Crippen LogP contribution in [-0.2, 0) is 6.54 Å². The van der Waals surface area contributed by atoms with E-state index in [0.29, 0.717) is 28.2 Å². The zero-order chi connectivity index (χ0) is 12.0. The van der Waals surface area contributed by atoms with Crippen LogP contribution in [0.25, 0.3) is 0 Å². The Bertz CT molecular complexity index is 376. The summed E-state index contributed by atoms with van der Waals surface area (Å²) in [6, 6.07) is 5.08. The van der Waals surface area contributed by atoms with Crippen molar-refractivity contribution in [3.8, 4) is 0 Å². The van der Waals surface area contributed by atoms with Crippen LogP contribution in [0.2, 0.25) is 0 Å². The molecule has 3 N–H and O–H groups in total. The largest absolute Gasteiger partial charge is 0.395 e. The van der Waals surface area contributed by atoms with Crippen LogP contribution in [0.1, 0.15) is 5.56 Å². The van der Waals surface area contributed by atoms with Crippen LogP contribution in [0, 0.1) is 5.82 Å². The maximum atomic E-state index is 13.5. The predicted molar refractivity (Wildman–Crippen MR) is 68.6 cm³/mol. The quantitative estimate of drug-likeness (QED) is 0.739. The van der Waals surface area contributed by atoms with E-state index in [1.807, 2.05) is 0 Å². The molecule has 88 valence electrons. The molecule has 0 fully saturated rings. The van der Waals surface area contributed by atoms with E-state index in [1.54, 1.807) is 18.2 Å². The van der Waals surface area contributed by atoms with Crippen molar-refractivity contribution in [1.29, 1.82) is 0 Å². The van der Waals surface area contributed by atoms with E-state index in [-0.39, 0.29) is 12.4 Å². The Morgan fingerprint density at radius 3 is 2.88 bits per heavy atom. The van der Waals surface area contributed by atoms with Crippen LogP contribution in [0.3, 0.4) is 0 Å². The summed E-state index contributed by atoms with van der Waals surface area (Å²) in [5.74, 6) is -0.292. The molecule has 0 aliphatic heterocycles. The first-order valence-electron chi connectivity index (χ1n) is 4.70. The van der Waals surface area contributed by atoms with Crippen molar-refractivity contribution < 1.29 is 9.50 Å². The Labute approximate surface area is 107 Å². The third-order valence-corrected chi connectivity index (χ3v) is 2.77. The van der Waals surface area contributed by atoms with E-state index >= 15 is 0 Å². The molecule has 0 amide bonds. The van der Waals surface area contributed by atoms with Gasteiger partial charge in [0, 0.05) is 18.7 Å². The van der Waals surface area contributed by atoms with E-state index in [1.165, 1.54) is 0 Å². The molecule has 16 heavy (non-hydrogen) atoms. The molecule has 0 heterocycles. The smallest absolute Gasteiger partial charge is 0.166 e. The molecule has 0 bridgehead atoms. The molecule has 0 spiro atoms. The Balaban J connectivity index is 2.48. The first kappa shape index (κ1) is 13.3. The second kappa shape index (κ2) is 6.78. The van der Waals surface area contributed by atoms with Gasteiger partial charge in [-0.2, -0.15) is 0 Å². The Kier molecular flexibility index (Phi) is 5.65. The standard InChI is InChI=1S/C10H12BrFN2OS/c11-8-3-1-2-7(9(8)12)6-14-10(16)13-4-5-15/h1-3,15H,4-6H2,(H2,13,14,16). The molecule has 1 aromatic rings. The molecule has 6 heteroatoms. The minimum Gasteiger partial charge on any atom is -0.395 e. The Morgan fingerprint density at radius 1 is 1.44 bits per heavy atom. The second-order valence-corrected chi connectivity index (χ2v) is 4.31. The number of rotatable bonds is 4. The van der Waals surface area contributed by atoms with Crippen LogP contribution < -0.4 is 10.6 Å². The van der Waals surface area contributed by atoms with Crippen LogP contribution >= 0.6 is 28.1 Å². The minimum atomic E-state index is -0.292. The van der Waals surface area contributed by atoms with Crippen molar-refractivity contribution in [1.82, 2.24) is 10.6 Å². The van der Waals surface area contributed by atoms with Crippen molar-refractivity contribution in [3.63, 3.8) is 0 Å². The van der Waals surface area contributed by atoms with Crippen LogP contribution in [0.4, 0.5) is 4.39 Å². The third-order valence-electron chi connectivity index (χ3n) is 1.87. The molecule has 3 nitrogen and oxygen atoms in total. The van der Waals surface area contributed by atoms with Gasteiger partial charge in [-0.25, -0.2) is 4.39 Å². The normalized spacial score (nSPS) is 9.94. The number of aliphatic hydroxyl groups excluding tert-OH is 1. The first-order chi connectivity index (χ1) is 7.65. The number of benzene rings is 1. The van der Waals surface area contributed by atoms with Gasteiger partial charge >= 0.3 is 0 Å². The van der Waals surface area contributed by atoms with Gasteiger partial charge in [0.05, 0.1) is 11.1 Å². The van der Waals surface area contributed by atoms with E-state index in [2.05, 4.69) is 26.6 Å². The molecule has 0 saturated heterocycles. The number of aliphatic hydroxyl groups is 1. The summed E-state index contributed by atoms with van der Waals surface area (Å²) in [5, 5.41) is 14.6. The molecule has 0 unspecified atom stereocenters. The molecule has 1 aromatic carbocycles. The maximum absolute atomic E-state index is 13.5. The first-order valence-corrected chi connectivity index (χ1v) is 5.90. The lowest BCUT2D eigenvalue weighted by Crippen LogP contribution is -2.36. The molecular weight excluding hydrogens is 295 g/mol. The number of hydrogen-bond donors (Lipinski definition) is 3. The van der Waals surface area contributed by atoms with Crippen LogP contribution in [-0.4, -0.2) is 23.4 Å². The fourth-order valence-electron chi connectivity index (χ4n) is 1.09.